The van der Waals surface area contributed by atoms with Gasteiger partial charge in [0.15, 0.2) is 6.10 Å². The van der Waals surface area contributed by atoms with E-state index in [-0.39, 0.29) is 50.4 Å². The van der Waals surface area contributed by atoms with Gasteiger partial charge in [0, 0.05) is 19.3 Å². The Kier molecular flexibility index (Phi) is 50.8. The molecule has 6 nitrogen and oxygen atoms in total. The van der Waals surface area contributed by atoms with Gasteiger partial charge in [-0.2, -0.15) is 0 Å². The number of rotatable bonds is 43. The largest absolute Gasteiger partial charge is 0.462 e. The normalized spacial score (nSPS) is 13.8. The Morgan fingerprint density at radius 2 is 0.557 bits per heavy atom. The second-order valence-corrected chi connectivity index (χ2v) is 16.4. The van der Waals surface area contributed by atoms with Crippen molar-refractivity contribution in [3.63, 3.8) is 0 Å². The predicted molar refractivity (Wildman–Crippen MR) is 301 cm³/mol. The molecular weight excluding hydrogens is 865 g/mol. The van der Waals surface area contributed by atoms with Crippen LogP contribution in [0.2, 0.25) is 0 Å². The van der Waals surface area contributed by atoms with Crippen LogP contribution in [0.15, 0.2) is 207 Å². The third-order valence-electron chi connectivity index (χ3n) is 9.93. The Balaban J connectivity index is 4.69. The summed E-state index contributed by atoms with van der Waals surface area (Å²) in [6.45, 7) is 6.12. The molecule has 0 aromatic heterocycles. The molecule has 0 aromatic carbocycles. The van der Waals surface area contributed by atoms with Gasteiger partial charge in [-0.05, 0) is 77.0 Å². The second kappa shape index (κ2) is 55.6. The van der Waals surface area contributed by atoms with Crippen LogP contribution >= 0.6 is 0 Å². The highest BCUT2D eigenvalue weighted by molar-refractivity contribution is 5.71. The van der Waals surface area contributed by atoms with Gasteiger partial charge in [-0.3, -0.25) is 14.4 Å². The van der Waals surface area contributed by atoms with Gasteiger partial charge in [-0.1, -0.05) is 266 Å². The van der Waals surface area contributed by atoms with Crippen molar-refractivity contribution < 1.29 is 28.6 Å². The lowest BCUT2D eigenvalue weighted by Crippen LogP contribution is -2.30. The highest BCUT2D eigenvalue weighted by atomic mass is 16.6. The Hall–Kier alpha value is -6.01. The SMILES string of the molecule is CC\C=C/C=C\C=C/C=C\C=C/CCCCCC(=O)OCC(COC(=O)CCCCC\C=C/C=C\C=C\C=C/C=C\C=C/C=C\CC)OC(=O)CCCCCCC\C=C/C=C\C=C/C=C\C=C/CCC. The second-order valence-electron chi connectivity index (χ2n) is 16.4. The van der Waals surface area contributed by atoms with Crippen LogP contribution in [-0.2, 0) is 28.6 Å². The summed E-state index contributed by atoms with van der Waals surface area (Å²) in [7, 11) is 0. The first-order chi connectivity index (χ1) is 34.5. The van der Waals surface area contributed by atoms with E-state index in [4.69, 9.17) is 14.2 Å². The number of ether oxygens (including phenoxy) is 3. The molecule has 0 aliphatic rings. The van der Waals surface area contributed by atoms with Crippen LogP contribution in [0.3, 0.4) is 0 Å². The van der Waals surface area contributed by atoms with Crippen molar-refractivity contribution in [1.29, 1.82) is 0 Å². The lowest BCUT2D eigenvalue weighted by atomic mass is 10.1. The molecule has 0 radical (unpaired) electrons. The Labute approximate surface area is 426 Å². The summed E-state index contributed by atoms with van der Waals surface area (Å²) in [6, 6.07) is 0. The summed E-state index contributed by atoms with van der Waals surface area (Å²) in [5.74, 6) is -1.07. The van der Waals surface area contributed by atoms with Gasteiger partial charge in [-0.25, -0.2) is 0 Å². The molecular formula is C64H90O6. The zero-order chi connectivity index (χ0) is 50.7. The molecule has 0 saturated heterocycles. The third-order valence-corrected chi connectivity index (χ3v) is 9.93. The average Bonchev–Trinajstić information content (AvgIpc) is 3.36. The van der Waals surface area contributed by atoms with E-state index < -0.39 is 6.10 Å². The first-order valence-electron chi connectivity index (χ1n) is 26.3. The van der Waals surface area contributed by atoms with E-state index in [1.165, 1.54) is 6.42 Å². The zero-order valence-corrected chi connectivity index (χ0v) is 43.4. The minimum absolute atomic E-state index is 0.140. The van der Waals surface area contributed by atoms with Crippen LogP contribution in [0.4, 0.5) is 0 Å². The van der Waals surface area contributed by atoms with Crippen LogP contribution < -0.4 is 0 Å². The van der Waals surface area contributed by atoms with E-state index in [0.29, 0.717) is 19.3 Å². The quantitative estimate of drug-likeness (QED) is 0.0262. The molecule has 0 saturated carbocycles. The van der Waals surface area contributed by atoms with E-state index in [1.54, 1.807) is 0 Å². The van der Waals surface area contributed by atoms with E-state index in [0.717, 1.165) is 89.9 Å². The van der Waals surface area contributed by atoms with Crippen LogP contribution in [0.1, 0.15) is 156 Å². The van der Waals surface area contributed by atoms with Gasteiger partial charge in [0.1, 0.15) is 13.2 Å². The van der Waals surface area contributed by atoms with Gasteiger partial charge in [0.2, 0.25) is 0 Å². The van der Waals surface area contributed by atoms with E-state index in [2.05, 4.69) is 69.4 Å². The fraction of sp³-hybridized carbons (Fsp3) is 0.422. The molecule has 0 N–H and O–H groups in total. The van der Waals surface area contributed by atoms with E-state index in [9.17, 15) is 14.4 Å². The van der Waals surface area contributed by atoms with Gasteiger partial charge < -0.3 is 14.2 Å². The molecule has 0 rings (SSSR count). The Bertz CT molecular complexity index is 1810. The molecule has 0 heterocycles. The standard InChI is InChI=1S/C64H90O6/c1-4-7-10-13-16-19-22-25-28-30-32-34-36-39-42-45-48-51-54-57-63(66)69-60-61(59-68-62(65)56-53-50-47-44-41-38-35-27-24-21-18-15-12-9-6-3)70-64(67)58-55-52-49-46-43-40-37-33-31-29-26-23-20-17-14-11-8-5-2/h7,9-39,41-42,61H,4-6,8,40,43-60H2,1-3H3/b10-7-,12-9-,14-11-,16-13-,18-15-,20-17-,22-19-,24-21-,26-23-,28-25-,31-29-,32-30+,35-27-,36-34-,37-33-,41-38-,42-39-. The third kappa shape index (κ3) is 53.0. The maximum absolute atomic E-state index is 12.8. The molecule has 70 heavy (non-hydrogen) atoms. The number of hydrogen-bond acceptors (Lipinski definition) is 6. The van der Waals surface area contributed by atoms with E-state index in [1.807, 2.05) is 158 Å². The number of allylic oxidation sites excluding steroid dienone is 34. The molecule has 0 spiro atoms. The lowest BCUT2D eigenvalue weighted by Gasteiger charge is -2.18. The summed E-state index contributed by atoms with van der Waals surface area (Å²) in [6.07, 6.45) is 86.5. The topological polar surface area (TPSA) is 78.9 Å². The minimum atomic E-state index is -0.843. The zero-order valence-electron chi connectivity index (χ0n) is 43.4. The number of esters is 3. The summed E-state index contributed by atoms with van der Waals surface area (Å²) < 4.78 is 16.7. The van der Waals surface area contributed by atoms with Crippen LogP contribution in [0.5, 0.6) is 0 Å². The number of carbonyl (C=O) groups is 3. The number of carbonyl (C=O) groups excluding carboxylic acids is 3. The van der Waals surface area contributed by atoms with Gasteiger partial charge >= 0.3 is 17.9 Å². The molecule has 382 valence electrons. The van der Waals surface area contributed by atoms with Crippen LogP contribution in [-0.4, -0.2) is 37.2 Å². The fourth-order valence-electron chi connectivity index (χ4n) is 6.06. The highest BCUT2D eigenvalue weighted by Gasteiger charge is 2.19. The van der Waals surface area contributed by atoms with Gasteiger partial charge in [0.25, 0.3) is 0 Å². The number of hydrogen-bond donors (Lipinski definition) is 0. The molecule has 0 fully saturated rings. The maximum atomic E-state index is 12.8. The molecule has 1 atom stereocenters. The van der Waals surface area contributed by atoms with Crippen molar-refractivity contribution in [2.24, 2.45) is 0 Å². The van der Waals surface area contributed by atoms with Crippen molar-refractivity contribution in [2.75, 3.05) is 13.2 Å². The minimum Gasteiger partial charge on any atom is -0.462 e. The molecule has 0 aliphatic carbocycles. The maximum Gasteiger partial charge on any atom is 0.306 e. The van der Waals surface area contributed by atoms with Crippen molar-refractivity contribution in [3.8, 4) is 0 Å². The number of unbranched alkanes of at least 4 members (excludes halogenated alkanes) is 12. The first-order valence-corrected chi connectivity index (χ1v) is 26.3. The molecule has 6 heteroatoms. The van der Waals surface area contributed by atoms with Gasteiger partial charge in [-0.15, -0.1) is 0 Å². The van der Waals surface area contributed by atoms with Gasteiger partial charge in [0.05, 0.1) is 0 Å². The molecule has 0 aromatic rings. The molecule has 1 unspecified atom stereocenters. The van der Waals surface area contributed by atoms with Crippen molar-refractivity contribution in [2.45, 2.75) is 162 Å². The average molecular weight is 955 g/mol. The summed E-state index contributed by atoms with van der Waals surface area (Å²) in [4.78, 5) is 38.1. The van der Waals surface area contributed by atoms with Crippen LogP contribution in [0, 0.1) is 0 Å². The molecule has 0 amide bonds. The monoisotopic (exact) mass is 955 g/mol. The molecule has 0 aliphatic heterocycles. The summed E-state index contributed by atoms with van der Waals surface area (Å²) in [5.41, 5.74) is 0. The van der Waals surface area contributed by atoms with Crippen molar-refractivity contribution in [1.82, 2.24) is 0 Å². The van der Waals surface area contributed by atoms with Crippen molar-refractivity contribution >= 4 is 17.9 Å². The Morgan fingerprint density at radius 1 is 0.300 bits per heavy atom. The first kappa shape index (κ1) is 64.0. The van der Waals surface area contributed by atoms with Crippen LogP contribution in [0.25, 0.3) is 0 Å². The summed E-state index contributed by atoms with van der Waals surface area (Å²) >= 11 is 0. The fourth-order valence-corrected chi connectivity index (χ4v) is 6.06. The van der Waals surface area contributed by atoms with Crippen molar-refractivity contribution in [3.05, 3.63) is 207 Å². The smallest absolute Gasteiger partial charge is 0.306 e. The predicted octanol–water partition coefficient (Wildman–Crippen LogP) is 17.7. The summed E-state index contributed by atoms with van der Waals surface area (Å²) in [5, 5.41) is 0. The Morgan fingerprint density at radius 3 is 0.886 bits per heavy atom. The highest BCUT2D eigenvalue weighted by Crippen LogP contribution is 2.12. The lowest BCUT2D eigenvalue weighted by molar-refractivity contribution is -0.167. The van der Waals surface area contributed by atoms with E-state index >= 15 is 0 Å². The molecule has 0 bridgehead atoms.